The molecule has 3 heteroatoms. The number of aliphatic hydroxyl groups is 2. The zero-order valence-electron chi connectivity index (χ0n) is 13.7. The zero-order valence-corrected chi connectivity index (χ0v) is 13.7. The fraction of sp³-hybridized carbons (Fsp3) is 0.778. The number of hydrogen-bond acceptors (Lipinski definition) is 3. The van der Waals surface area contributed by atoms with Crippen molar-refractivity contribution in [3.05, 3.63) is 24.3 Å². The van der Waals surface area contributed by atoms with Gasteiger partial charge in [-0.25, -0.2) is 0 Å². The standard InChI is InChI=1S/C18H35NO2/c1-2-3-4-5-6-7-8-9-10-11-12-13-14-15-18(21)17(19)16-20/h10-11,14-15,17-18,20-21H,2-9,12-13,16,19H2,1H3/b11-10+,15-14+. The van der Waals surface area contributed by atoms with Crippen LogP contribution in [0.4, 0.5) is 0 Å². The molecule has 124 valence electrons. The van der Waals surface area contributed by atoms with Gasteiger partial charge in [-0.1, -0.05) is 69.8 Å². The van der Waals surface area contributed by atoms with Gasteiger partial charge in [0.25, 0.3) is 0 Å². The first-order chi connectivity index (χ1) is 10.2. The molecule has 0 radical (unpaired) electrons. The molecule has 0 aromatic rings. The molecule has 0 aromatic heterocycles. The quantitative estimate of drug-likeness (QED) is 0.338. The number of unbranched alkanes of at least 4 members (excludes halogenated alkanes) is 8. The van der Waals surface area contributed by atoms with Gasteiger partial charge >= 0.3 is 0 Å². The van der Waals surface area contributed by atoms with Gasteiger partial charge in [0.1, 0.15) is 0 Å². The first-order valence-corrected chi connectivity index (χ1v) is 8.58. The summed E-state index contributed by atoms with van der Waals surface area (Å²) in [5.74, 6) is 0. The minimum Gasteiger partial charge on any atom is -0.395 e. The van der Waals surface area contributed by atoms with Gasteiger partial charge in [-0.2, -0.15) is 0 Å². The molecule has 0 fully saturated rings. The Kier molecular flexibility index (Phi) is 15.3. The lowest BCUT2D eigenvalue weighted by Gasteiger charge is -2.11. The van der Waals surface area contributed by atoms with Crippen LogP contribution in [0.25, 0.3) is 0 Å². The van der Waals surface area contributed by atoms with Crippen molar-refractivity contribution in [3.63, 3.8) is 0 Å². The molecule has 0 spiro atoms. The van der Waals surface area contributed by atoms with Crippen LogP contribution in [-0.2, 0) is 0 Å². The van der Waals surface area contributed by atoms with Crippen LogP contribution in [0.15, 0.2) is 24.3 Å². The lowest BCUT2D eigenvalue weighted by atomic mass is 10.1. The Morgan fingerprint density at radius 1 is 0.857 bits per heavy atom. The van der Waals surface area contributed by atoms with Gasteiger partial charge in [0.05, 0.1) is 18.8 Å². The monoisotopic (exact) mass is 297 g/mol. The molecule has 2 unspecified atom stereocenters. The fourth-order valence-electron chi connectivity index (χ4n) is 2.13. The van der Waals surface area contributed by atoms with Crippen LogP contribution in [0.2, 0.25) is 0 Å². The maximum atomic E-state index is 9.51. The molecule has 0 amide bonds. The Labute approximate surface area is 130 Å². The Bertz CT molecular complexity index is 264. The average molecular weight is 297 g/mol. The van der Waals surface area contributed by atoms with Crippen molar-refractivity contribution in [1.82, 2.24) is 0 Å². The summed E-state index contributed by atoms with van der Waals surface area (Å²) in [5.41, 5.74) is 5.50. The van der Waals surface area contributed by atoms with Crippen molar-refractivity contribution in [3.8, 4) is 0 Å². The molecular weight excluding hydrogens is 262 g/mol. The second-order valence-corrected chi connectivity index (χ2v) is 5.72. The van der Waals surface area contributed by atoms with E-state index in [4.69, 9.17) is 10.8 Å². The van der Waals surface area contributed by atoms with Crippen LogP contribution in [-0.4, -0.2) is 29.0 Å². The summed E-state index contributed by atoms with van der Waals surface area (Å²) in [6.45, 7) is 2.06. The van der Waals surface area contributed by atoms with Gasteiger partial charge in [-0.3, -0.25) is 0 Å². The molecule has 3 nitrogen and oxygen atoms in total. The molecule has 0 aliphatic rings. The van der Waals surface area contributed by atoms with Crippen LogP contribution < -0.4 is 5.73 Å². The summed E-state index contributed by atoms with van der Waals surface area (Å²) in [5, 5.41) is 18.3. The van der Waals surface area contributed by atoms with E-state index in [2.05, 4.69) is 19.1 Å². The van der Waals surface area contributed by atoms with E-state index in [1.807, 2.05) is 6.08 Å². The summed E-state index contributed by atoms with van der Waals surface area (Å²) in [6.07, 6.45) is 19.9. The van der Waals surface area contributed by atoms with Crippen molar-refractivity contribution in [1.29, 1.82) is 0 Å². The van der Waals surface area contributed by atoms with Gasteiger partial charge < -0.3 is 15.9 Å². The number of aliphatic hydroxyl groups excluding tert-OH is 2. The molecule has 4 N–H and O–H groups in total. The Morgan fingerprint density at radius 3 is 2.10 bits per heavy atom. The van der Waals surface area contributed by atoms with Gasteiger partial charge in [-0.15, -0.1) is 0 Å². The van der Waals surface area contributed by atoms with E-state index in [0.717, 1.165) is 12.8 Å². The van der Waals surface area contributed by atoms with E-state index < -0.39 is 12.1 Å². The third-order valence-electron chi connectivity index (χ3n) is 3.62. The third kappa shape index (κ3) is 14.1. The number of nitrogens with two attached hydrogens (primary N) is 1. The molecule has 0 rings (SSSR count). The molecule has 0 saturated carbocycles. The van der Waals surface area contributed by atoms with Crippen LogP contribution in [0.3, 0.4) is 0 Å². The van der Waals surface area contributed by atoms with Gasteiger partial charge in [0, 0.05) is 0 Å². The summed E-state index contributed by atoms with van der Waals surface area (Å²) < 4.78 is 0. The molecule has 0 aliphatic carbocycles. The van der Waals surface area contributed by atoms with Crippen molar-refractivity contribution in [2.45, 2.75) is 83.3 Å². The summed E-state index contributed by atoms with van der Waals surface area (Å²) in [7, 11) is 0. The highest BCUT2D eigenvalue weighted by Gasteiger charge is 2.08. The highest BCUT2D eigenvalue weighted by molar-refractivity contribution is 4.95. The minimum absolute atomic E-state index is 0.191. The first kappa shape index (κ1) is 20.4. The van der Waals surface area contributed by atoms with Gasteiger partial charge in [0.2, 0.25) is 0 Å². The average Bonchev–Trinajstić information content (AvgIpc) is 2.50. The summed E-state index contributed by atoms with van der Waals surface area (Å²) in [4.78, 5) is 0. The predicted molar refractivity (Wildman–Crippen MR) is 91.2 cm³/mol. The number of allylic oxidation sites excluding steroid dienone is 3. The Hall–Kier alpha value is -0.640. The van der Waals surface area contributed by atoms with E-state index >= 15 is 0 Å². The molecule has 0 aliphatic heterocycles. The summed E-state index contributed by atoms with van der Waals surface area (Å²) in [6, 6.07) is -0.575. The molecule has 0 aromatic carbocycles. The van der Waals surface area contributed by atoms with Crippen LogP contribution in [0.5, 0.6) is 0 Å². The van der Waals surface area contributed by atoms with Crippen LogP contribution in [0, 0.1) is 0 Å². The zero-order chi connectivity index (χ0) is 15.8. The number of hydrogen-bond donors (Lipinski definition) is 3. The van der Waals surface area contributed by atoms with E-state index in [0.29, 0.717) is 0 Å². The molecule has 0 heterocycles. The number of rotatable bonds is 14. The largest absolute Gasteiger partial charge is 0.395 e. The second-order valence-electron chi connectivity index (χ2n) is 5.72. The smallest absolute Gasteiger partial charge is 0.0894 e. The molecule has 0 bridgehead atoms. The Morgan fingerprint density at radius 2 is 1.43 bits per heavy atom. The fourth-order valence-corrected chi connectivity index (χ4v) is 2.13. The molecule has 2 atom stereocenters. The lowest BCUT2D eigenvalue weighted by Crippen LogP contribution is -2.36. The van der Waals surface area contributed by atoms with E-state index in [9.17, 15) is 5.11 Å². The lowest BCUT2D eigenvalue weighted by molar-refractivity contribution is 0.144. The molecule has 21 heavy (non-hydrogen) atoms. The third-order valence-corrected chi connectivity index (χ3v) is 3.62. The second kappa shape index (κ2) is 15.7. The van der Waals surface area contributed by atoms with E-state index in [-0.39, 0.29) is 6.61 Å². The van der Waals surface area contributed by atoms with E-state index in [1.165, 1.54) is 51.4 Å². The normalized spacial score (nSPS) is 15.0. The SMILES string of the molecule is CCCCCCCCC/C=C/CC/C=C/C(O)C(N)CO. The topological polar surface area (TPSA) is 66.5 Å². The maximum absolute atomic E-state index is 9.51. The maximum Gasteiger partial charge on any atom is 0.0894 e. The van der Waals surface area contributed by atoms with Crippen molar-refractivity contribution in [2.75, 3.05) is 6.61 Å². The molecule has 0 saturated heterocycles. The Balaban J connectivity index is 3.35. The predicted octanol–water partition coefficient (Wildman–Crippen LogP) is 3.70. The van der Waals surface area contributed by atoms with Crippen LogP contribution >= 0.6 is 0 Å². The van der Waals surface area contributed by atoms with Gasteiger partial charge in [0.15, 0.2) is 0 Å². The molecular formula is C18H35NO2. The minimum atomic E-state index is -0.744. The van der Waals surface area contributed by atoms with Crippen molar-refractivity contribution < 1.29 is 10.2 Å². The van der Waals surface area contributed by atoms with Gasteiger partial charge in [-0.05, 0) is 25.7 Å². The van der Waals surface area contributed by atoms with Crippen molar-refractivity contribution >= 4 is 0 Å². The first-order valence-electron chi connectivity index (χ1n) is 8.58. The van der Waals surface area contributed by atoms with Crippen LogP contribution in [0.1, 0.15) is 71.1 Å². The van der Waals surface area contributed by atoms with Crippen molar-refractivity contribution in [2.24, 2.45) is 5.73 Å². The highest BCUT2D eigenvalue weighted by atomic mass is 16.3. The van der Waals surface area contributed by atoms with E-state index in [1.54, 1.807) is 6.08 Å². The summed E-state index contributed by atoms with van der Waals surface area (Å²) >= 11 is 0. The highest BCUT2D eigenvalue weighted by Crippen LogP contribution is 2.09.